The topological polar surface area (TPSA) is 37.8 Å². The van der Waals surface area contributed by atoms with E-state index in [4.69, 9.17) is 0 Å². The summed E-state index contributed by atoms with van der Waals surface area (Å²) in [6, 6.07) is 1.85. The van der Waals surface area contributed by atoms with Gasteiger partial charge in [-0.05, 0) is 19.0 Å². The van der Waals surface area contributed by atoms with Gasteiger partial charge in [0, 0.05) is 24.9 Å². The Morgan fingerprint density at radius 3 is 2.82 bits per heavy atom. The van der Waals surface area contributed by atoms with Crippen molar-refractivity contribution in [1.29, 1.82) is 0 Å². The SMILES string of the molecule is c1cnc(C2CCNC2)nc1. The van der Waals surface area contributed by atoms with Crippen molar-refractivity contribution in [2.45, 2.75) is 12.3 Å². The van der Waals surface area contributed by atoms with Crippen LogP contribution in [-0.2, 0) is 0 Å². The molecule has 1 aliphatic heterocycles. The van der Waals surface area contributed by atoms with E-state index in [1.807, 2.05) is 6.07 Å². The molecule has 1 aromatic heterocycles. The Balaban J connectivity index is 2.16. The molecule has 1 saturated heterocycles. The highest BCUT2D eigenvalue weighted by Gasteiger charge is 2.17. The first-order valence-corrected chi connectivity index (χ1v) is 3.94. The first-order valence-electron chi connectivity index (χ1n) is 3.94. The molecule has 0 aliphatic carbocycles. The highest BCUT2D eigenvalue weighted by atomic mass is 14.9. The molecule has 1 aromatic rings. The van der Waals surface area contributed by atoms with Crippen molar-refractivity contribution in [2.24, 2.45) is 0 Å². The van der Waals surface area contributed by atoms with Crippen molar-refractivity contribution in [3.63, 3.8) is 0 Å². The average molecular weight is 149 g/mol. The fourth-order valence-corrected chi connectivity index (χ4v) is 1.40. The zero-order valence-corrected chi connectivity index (χ0v) is 6.33. The van der Waals surface area contributed by atoms with Crippen LogP contribution in [0.2, 0.25) is 0 Å². The largest absolute Gasteiger partial charge is 0.316 e. The second-order valence-corrected chi connectivity index (χ2v) is 2.80. The summed E-state index contributed by atoms with van der Waals surface area (Å²) in [5, 5.41) is 3.29. The van der Waals surface area contributed by atoms with Crippen LogP contribution in [0.5, 0.6) is 0 Å². The van der Waals surface area contributed by atoms with Gasteiger partial charge in [-0.3, -0.25) is 0 Å². The van der Waals surface area contributed by atoms with Gasteiger partial charge in [0.25, 0.3) is 0 Å². The highest BCUT2D eigenvalue weighted by molar-refractivity contribution is 5.00. The van der Waals surface area contributed by atoms with Crippen molar-refractivity contribution in [1.82, 2.24) is 15.3 Å². The van der Waals surface area contributed by atoms with Gasteiger partial charge >= 0.3 is 0 Å². The lowest BCUT2D eigenvalue weighted by molar-refractivity contribution is 0.701. The summed E-state index contributed by atoms with van der Waals surface area (Å²) in [5.41, 5.74) is 0. The molecule has 1 N–H and O–H groups in total. The Kier molecular flexibility index (Phi) is 1.81. The molecule has 58 valence electrons. The van der Waals surface area contributed by atoms with Crippen LogP contribution in [0.25, 0.3) is 0 Å². The summed E-state index contributed by atoms with van der Waals surface area (Å²) < 4.78 is 0. The molecular weight excluding hydrogens is 138 g/mol. The van der Waals surface area contributed by atoms with Crippen molar-refractivity contribution >= 4 is 0 Å². The zero-order chi connectivity index (χ0) is 7.52. The molecule has 0 spiro atoms. The smallest absolute Gasteiger partial charge is 0.132 e. The molecule has 1 unspecified atom stereocenters. The second-order valence-electron chi connectivity index (χ2n) is 2.80. The molecule has 1 fully saturated rings. The summed E-state index contributed by atoms with van der Waals surface area (Å²) >= 11 is 0. The second kappa shape index (κ2) is 2.96. The maximum absolute atomic E-state index is 4.21. The molecule has 1 aliphatic rings. The fourth-order valence-electron chi connectivity index (χ4n) is 1.40. The van der Waals surface area contributed by atoms with E-state index in [0.717, 1.165) is 18.9 Å². The Morgan fingerprint density at radius 1 is 1.36 bits per heavy atom. The van der Waals surface area contributed by atoms with Crippen molar-refractivity contribution < 1.29 is 0 Å². The lowest BCUT2D eigenvalue weighted by Crippen LogP contribution is -2.09. The number of rotatable bonds is 1. The molecule has 0 saturated carbocycles. The molecule has 11 heavy (non-hydrogen) atoms. The van der Waals surface area contributed by atoms with E-state index in [0.29, 0.717) is 5.92 Å². The van der Waals surface area contributed by atoms with Crippen molar-refractivity contribution in [3.05, 3.63) is 24.3 Å². The molecule has 2 heterocycles. The van der Waals surface area contributed by atoms with Gasteiger partial charge in [0.05, 0.1) is 0 Å². The molecule has 3 heteroatoms. The minimum absolute atomic E-state index is 0.538. The van der Waals surface area contributed by atoms with E-state index in [1.54, 1.807) is 12.4 Å². The number of aromatic nitrogens is 2. The predicted octanol–water partition coefficient (Wildman–Crippen LogP) is 0.554. The van der Waals surface area contributed by atoms with Gasteiger partial charge in [0.1, 0.15) is 5.82 Å². The van der Waals surface area contributed by atoms with Crippen LogP contribution < -0.4 is 5.32 Å². The normalized spacial score (nSPS) is 23.8. The highest BCUT2D eigenvalue weighted by Crippen LogP contribution is 2.16. The van der Waals surface area contributed by atoms with Crippen LogP contribution in [0.15, 0.2) is 18.5 Å². The van der Waals surface area contributed by atoms with Gasteiger partial charge < -0.3 is 5.32 Å². The first kappa shape index (κ1) is 6.73. The Hall–Kier alpha value is -0.960. The molecule has 1 atom stereocenters. The van der Waals surface area contributed by atoms with Gasteiger partial charge in [-0.25, -0.2) is 9.97 Å². The maximum atomic E-state index is 4.21. The average Bonchev–Trinajstić information content (AvgIpc) is 2.58. The first-order chi connectivity index (χ1) is 5.47. The Morgan fingerprint density at radius 2 is 2.18 bits per heavy atom. The van der Waals surface area contributed by atoms with Crippen LogP contribution in [0.1, 0.15) is 18.2 Å². The number of hydrogen-bond acceptors (Lipinski definition) is 3. The monoisotopic (exact) mass is 149 g/mol. The van der Waals surface area contributed by atoms with Crippen molar-refractivity contribution in [3.8, 4) is 0 Å². The van der Waals surface area contributed by atoms with Crippen LogP contribution >= 0.6 is 0 Å². The Labute approximate surface area is 65.9 Å². The molecule has 0 amide bonds. The third-order valence-electron chi connectivity index (χ3n) is 2.01. The van der Waals surface area contributed by atoms with Crippen LogP contribution in [-0.4, -0.2) is 23.1 Å². The quantitative estimate of drug-likeness (QED) is 0.633. The minimum Gasteiger partial charge on any atom is -0.316 e. The van der Waals surface area contributed by atoms with E-state index in [1.165, 1.54) is 6.42 Å². The summed E-state index contributed by atoms with van der Waals surface area (Å²) in [5.74, 6) is 1.52. The molecule has 0 radical (unpaired) electrons. The maximum Gasteiger partial charge on any atom is 0.132 e. The summed E-state index contributed by atoms with van der Waals surface area (Å²) in [7, 11) is 0. The number of hydrogen-bond donors (Lipinski definition) is 1. The van der Waals surface area contributed by atoms with E-state index in [-0.39, 0.29) is 0 Å². The van der Waals surface area contributed by atoms with Gasteiger partial charge in [0.15, 0.2) is 0 Å². The lowest BCUT2D eigenvalue weighted by Gasteiger charge is -2.03. The third-order valence-corrected chi connectivity index (χ3v) is 2.01. The molecule has 0 aromatic carbocycles. The standard InChI is InChI=1S/C8H11N3/c1-3-10-8(11-4-1)7-2-5-9-6-7/h1,3-4,7,9H,2,5-6H2. The van der Waals surface area contributed by atoms with Crippen LogP contribution in [0.3, 0.4) is 0 Å². The van der Waals surface area contributed by atoms with Gasteiger partial charge in [-0.15, -0.1) is 0 Å². The van der Waals surface area contributed by atoms with Crippen molar-refractivity contribution in [2.75, 3.05) is 13.1 Å². The van der Waals surface area contributed by atoms with E-state index >= 15 is 0 Å². The van der Waals surface area contributed by atoms with E-state index < -0.39 is 0 Å². The predicted molar refractivity (Wildman–Crippen MR) is 42.3 cm³/mol. The van der Waals surface area contributed by atoms with E-state index in [9.17, 15) is 0 Å². The molecule has 0 bridgehead atoms. The third kappa shape index (κ3) is 1.38. The summed E-state index contributed by atoms with van der Waals surface area (Å²) in [4.78, 5) is 8.42. The van der Waals surface area contributed by atoms with E-state index in [2.05, 4.69) is 15.3 Å². The van der Waals surface area contributed by atoms with Gasteiger partial charge in [-0.1, -0.05) is 0 Å². The minimum atomic E-state index is 0.538. The fraction of sp³-hybridized carbons (Fsp3) is 0.500. The lowest BCUT2D eigenvalue weighted by atomic mass is 10.1. The summed E-state index contributed by atoms with van der Waals surface area (Å²) in [6.45, 7) is 2.13. The van der Waals surface area contributed by atoms with Gasteiger partial charge in [-0.2, -0.15) is 0 Å². The molecule has 3 nitrogen and oxygen atoms in total. The Bertz CT molecular complexity index is 216. The summed E-state index contributed by atoms with van der Waals surface area (Å²) in [6.07, 6.45) is 4.78. The van der Waals surface area contributed by atoms with Crippen LogP contribution in [0.4, 0.5) is 0 Å². The number of nitrogens with zero attached hydrogens (tertiary/aromatic N) is 2. The number of nitrogens with one attached hydrogen (secondary N) is 1. The van der Waals surface area contributed by atoms with Gasteiger partial charge in [0.2, 0.25) is 0 Å². The van der Waals surface area contributed by atoms with Crippen LogP contribution in [0, 0.1) is 0 Å². The molecular formula is C8H11N3. The zero-order valence-electron chi connectivity index (χ0n) is 6.33. The molecule has 2 rings (SSSR count).